The van der Waals surface area contributed by atoms with Gasteiger partial charge in [-0.2, -0.15) is 0 Å². The molecule has 1 heterocycles. The maximum Gasteiger partial charge on any atom is 0.242 e. The quantitative estimate of drug-likeness (QED) is 0.699. The fraction of sp³-hybridized carbons (Fsp3) is 0.857. The number of hydrogen-bond donors (Lipinski definition) is 2. The van der Waals surface area contributed by atoms with Crippen molar-refractivity contribution in [1.29, 1.82) is 0 Å². The van der Waals surface area contributed by atoms with Gasteiger partial charge in [0.15, 0.2) is 0 Å². The molecule has 1 saturated heterocycles. The van der Waals surface area contributed by atoms with Crippen LogP contribution in [0.25, 0.3) is 0 Å². The summed E-state index contributed by atoms with van der Waals surface area (Å²) in [4.78, 5) is 25.9. The lowest BCUT2D eigenvalue weighted by atomic mass is 10.0. The van der Waals surface area contributed by atoms with Gasteiger partial charge in [-0.05, 0) is 45.1 Å². The Balaban J connectivity index is 0.00000361. The lowest BCUT2D eigenvalue weighted by Gasteiger charge is -2.34. The topological polar surface area (TPSA) is 75.4 Å². The number of unbranched alkanes of at least 4 members (excludes halogenated alkanes) is 1. The highest BCUT2D eigenvalue weighted by Crippen LogP contribution is 2.18. The Morgan fingerprint density at radius 3 is 2.70 bits per heavy atom. The highest BCUT2D eigenvalue weighted by atomic mass is 35.5. The van der Waals surface area contributed by atoms with E-state index >= 15 is 0 Å². The summed E-state index contributed by atoms with van der Waals surface area (Å²) >= 11 is 0. The second kappa shape index (κ2) is 10.9. The Labute approximate surface area is 128 Å². The number of nitrogens with one attached hydrogen (secondary N) is 1. The predicted molar refractivity (Wildman–Crippen MR) is 82.8 cm³/mol. The summed E-state index contributed by atoms with van der Waals surface area (Å²) in [7, 11) is 0. The lowest BCUT2D eigenvalue weighted by Crippen LogP contribution is -2.52. The Kier molecular flexibility index (Phi) is 10.5. The maximum absolute atomic E-state index is 12.1. The van der Waals surface area contributed by atoms with Gasteiger partial charge in [0, 0.05) is 19.5 Å². The van der Waals surface area contributed by atoms with Gasteiger partial charge < -0.3 is 16.0 Å². The molecule has 0 aromatic heterocycles. The summed E-state index contributed by atoms with van der Waals surface area (Å²) in [5.41, 5.74) is 5.42. The first kappa shape index (κ1) is 19.2. The van der Waals surface area contributed by atoms with Crippen LogP contribution in [-0.2, 0) is 9.59 Å². The third-order valence-corrected chi connectivity index (χ3v) is 3.52. The number of nitrogens with zero attached hydrogens (tertiary/aromatic N) is 1. The number of carbonyl (C=O) groups excluding carboxylic acids is 2. The number of nitrogens with two attached hydrogens (primary N) is 1. The zero-order chi connectivity index (χ0) is 14.1. The molecule has 0 bridgehead atoms. The van der Waals surface area contributed by atoms with Crippen LogP contribution < -0.4 is 11.1 Å². The molecule has 0 aromatic rings. The van der Waals surface area contributed by atoms with Crippen LogP contribution in [0.2, 0.25) is 0 Å². The zero-order valence-corrected chi connectivity index (χ0v) is 13.2. The van der Waals surface area contributed by atoms with Crippen molar-refractivity contribution in [2.24, 2.45) is 5.73 Å². The number of amides is 2. The molecule has 118 valence electrons. The van der Waals surface area contributed by atoms with E-state index in [1.54, 1.807) is 4.90 Å². The third kappa shape index (κ3) is 6.09. The highest BCUT2D eigenvalue weighted by Gasteiger charge is 2.31. The molecule has 1 fully saturated rings. The Hall–Kier alpha value is -0.810. The van der Waals surface area contributed by atoms with E-state index in [0.29, 0.717) is 19.5 Å². The van der Waals surface area contributed by atoms with Crippen molar-refractivity contribution in [2.45, 2.75) is 57.9 Å². The molecule has 2 amide bonds. The van der Waals surface area contributed by atoms with Gasteiger partial charge in [0.2, 0.25) is 11.8 Å². The molecule has 6 heteroatoms. The van der Waals surface area contributed by atoms with Crippen LogP contribution in [0.4, 0.5) is 0 Å². The van der Waals surface area contributed by atoms with Gasteiger partial charge in [-0.25, -0.2) is 0 Å². The minimum Gasteiger partial charge on any atom is -0.354 e. The fourth-order valence-electron chi connectivity index (χ4n) is 2.46. The van der Waals surface area contributed by atoms with Crippen LogP contribution in [0, 0.1) is 0 Å². The summed E-state index contributed by atoms with van der Waals surface area (Å²) in [5, 5.41) is 2.93. The van der Waals surface area contributed by atoms with Crippen LogP contribution in [0.5, 0.6) is 0 Å². The van der Waals surface area contributed by atoms with Gasteiger partial charge in [-0.3, -0.25) is 9.59 Å². The molecule has 5 nitrogen and oxygen atoms in total. The van der Waals surface area contributed by atoms with Gasteiger partial charge in [0.1, 0.15) is 6.04 Å². The maximum atomic E-state index is 12.1. The van der Waals surface area contributed by atoms with Crippen LogP contribution in [-0.4, -0.2) is 42.4 Å². The smallest absolute Gasteiger partial charge is 0.242 e. The average molecular weight is 306 g/mol. The normalized spacial score (nSPS) is 18.3. The minimum atomic E-state index is -0.259. The van der Waals surface area contributed by atoms with Crippen molar-refractivity contribution in [3.05, 3.63) is 0 Å². The van der Waals surface area contributed by atoms with Gasteiger partial charge in [0.05, 0.1) is 0 Å². The van der Waals surface area contributed by atoms with E-state index in [2.05, 4.69) is 5.32 Å². The molecule has 20 heavy (non-hydrogen) atoms. The Morgan fingerprint density at radius 2 is 2.05 bits per heavy atom. The predicted octanol–water partition coefficient (Wildman–Crippen LogP) is 1.44. The van der Waals surface area contributed by atoms with E-state index in [1.165, 1.54) is 0 Å². The first-order valence-electron chi connectivity index (χ1n) is 7.48. The Bertz CT molecular complexity index is 300. The van der Waals surface area contributed by atoms with Crippen LogP contribution in [0.15, 0.2) is 0 Å². The van der Waals surface area contributed by atoms with Crippen LogP contribution in [0.1, 0.15) is 51.9 Å². The number of halogens is 1. The van der Waals surface area contributed by atoms with Crippen LogP contribution >= 0.6 is 12.4 Å². The minimum absolute atomic E-state index is 0. The van der Waals surface area contributed by atoms with E-state index < -0.39 is 0 Å². The summed E-state index contributed by atoms with van der Waals surface area (Å²) in [6, 6.07) is -0.259. The summed E-state index contributed by atoms with van der Waals surface area (Å²) in [6.45, 7) is 4.02. The number of rotatable bonds is 7. The molecular formula is C14H28ClN3O2. The second-order valence-corrected chi connectivity index (χ2v) is 5.14. The van der Waals surface area contributed by atoms with E-state index in [9.17, 15) is 9.59 Å². The molecule has 0 saturated carbocycles. The first-order chi connectivity index (χ1) is 9.20. The lowest BCUT2D eigenvalue weighted by molar-refractivity contribution is -0.142. The summed E-state index contributed by atoms with van der Waals surface area (Å²) in [5.74, 6) is 0.116. The highest BCUT2D eigenvalue weighted by molar-refractivity contribution is 5.87. The average Bonchev–Trinajstić information content (AvgIpc) is 2.43. The molecule has 1 aliphatic heterocycles. The van der Waals surface area contributed by atoms with Gasteiger partial charge in [0.25, 0.3) is 0 Å². The largest absolute Gasteiger partial charge is 0.354 e. The van der Waals surface area contributed by atoms with Crippen molar-refractivity contribution in [3.63, 3.8) is 0 Å². The molecule has 3 N–H and O–H groups in total. The van der Waals surface area contributed by atoms with E-state index in [4.69, 9.17) is 5.73 Å². The van der Waals surface area contributed by atoms with Gasteiger partial charge in [-0.15, -0.1) is 12.4 Å². The molecule has 1 rings (SSSR count). The molecule has 1 unspecified atom stereocenters. The molecular weight excluding hydrogens is 278 g/mol. The van der Waals surface area contributed by atoms with Crippen molar-refractivity contribution in [2.75, 3.05) is 19.6 Å². The Morgan fingerprint density at radius 1 is 1.30 bits per heavy atom. The number of hydrogen-bond acceptors (Lipinski definition) is 3. The van der Waals surface area contributed by atoms with Gasteiger partial charge in [-0.1, -0.05) is 6.92 Å². The molecule has 0 aromatic carbocycles. The molecule has 0 radical (unpaired) electrons. The monoisotopic (exact) mass is 305 g/mol. The fourth-order valence-corrected chi connectivity index (χ4v) is 2.46. The molecule has 0 aliphatic carbocycles. The van der Waals surface area contributed by atoms with Crippen LogP contribution in [0.3, 0.4) is 0 Å². The van der Waals surface area contributed by atoms with E-state index in [0.717, 1.165) is 45.1 Å². The van der Waals surface area contributed by atoms with Crippen molar-refractivity contribution in [3.8, 4) is 0 Å². The zero-order valence-electron chi connectivity index (χ0n) is 12.4. The second-order valence-electron chi connectivity index (χ2n) is 5.14. The van der Waals surface area contributed by atoms with Crippen molar-refractivity contribution < 1.29 is 9.59 Å². The summed E-state index contributed by atoms with van der Waals surface area (Å²) < 4.78 is 0. The van der Waals surface area contributed by atoms with E-state index in [1.807, 2.05) is 6.92 Å². The standard InChI is InChI=1S/C14H27N3O2.ClH/c1-2-7-13(18)17-11-6-3-8-12(17)14(19)16-10-5-4-9-15;/h12H,2-11,15H2,1H3,(H,16,19);1H. The number of likely N-dealkylation sites (tertiary alicyclic amines) is 1. The van der Waals surface area contributed by atoms with Crippen molar-refractivity contribution in [1.82, 2.24) is 10.2 Å². The SMILES string of the molecule is CCCC(=O)N1CCCCC1C(=O)NCCCCN.Cl. The van der Waals surface area contributed by atoms with Gasteiger partial charge >= 0.3 is 0 Å². The summed E-state index contributed by atoms with van der Waals surface area (Å²) in [6.07, 6.45) is 6.01. The third-order valence-electron chi connectivity index (χ3n) is 3.52. The molecule has 0 spiro atoms. The van der Waals surface area contributed by atoms with Crippen molar-refractivity contribution >= 4 is 24.2 Å². The molecule has 1 aliphatic rings. The molecule has 1 atom stereocenters. The number of carbonyl (C=O) groups is 2. The first-order valence-corrected chi connectivity index (χ1v) is 7.48. The van der Waals surface area contributed by atoms with E-state index in [-0.39, 0.29) is 30.3 Å². The number of piperidine rings is 1.